The van der Waals surface area contributed by atoms with Gasteiger partial charge in [0.25, 0.3) is 5.56 Å². The first-order valence-corrected chi connectivity index (χ1v) is 7.19. The summed E-state index contributed by atoms with van der Waals surface area (Å²) < 4.78 is 14.7. The molecule has 7 heteroatoms. The predicted octanol–water partition coefficient (Wildman–Crippen LogP) is 2.01. The highest BCUT2D eigenvalue weighted by atomic mass is 19.1. The van der Waals surface area contributed by atoms with Crippen LogP contribution in [0.2, 0.25) is 0 Å². The maximum Gasteiger partial charge on any atom is 0.254 e. The van der Waals surface area contributed by atoms with E-state index < -0.39 is 0 Å². The van der Waals surface area contributed by atoms with Crippen LogP contribution >= 0.6 is 0 Å². The van der Waals surface area contributed by atoms with Crippen LogP contribution in [0.3, 0.4) is 0 Å². The minimum atomic E-state index is -0.317. The lowest BCUT2D eigenvalue weighted by Gasteiger charge is -2.07. The highest BCUT2D eigenvalue weighted by molar-refractivity contribution is 5.33. The van der Waals surface area contributed by atoms with Crippen molar-refractivity contribution in [2.75, 3.05) is 0 Å². The van der Waals surface area contributed by atoms with Crippen molar-refractivity contribution in [1.82, 2.24) is 24.7 Å². The zero-order valence-corrected chi connectivity index (χ0v) is 13.1. The molecule has 3 rings (SSSR count). The average molecular weight is 313 g/mol. The molecule has 6 nitrogen and oxygen atoms in total. The molecule has 0 fully saturated rings. The van der Waals surface area contributed by atoms with Crippen LogP contribution in [0.4, 0.5) is 4.39 Å². The molecule has 1 N–H and O–H groups in total. The molecule has 0 bridgehead atoms. The van der Waals surface area contributed by atoms with Gasteiger partial charge in [-0.3, -0.25) is 4.79 Å². The van der Waals surface area contributed by atoms with Crippen LogP contribution in [0.5, 0.6) is 0 Å². The topological polar surface area (TPSA) is 76.5 Å². The first-order chi connectivity index (χ1) is 10.9. The van der Waals surface area contributed by atoms with Crippen LogP contribution in [-0.4, -0.2) is 24.7 Å². The number of H-pyrrole nitrogens is 1. The Kier molecular flexibility index (Phi) is 3.77. The molecule has 2 heterocycles. The number of rotatable bonds is 3. The molecule has 0 unspecified atom stereocenters. The molecule has 0 aliphatic carbocycles. The first-order valence-electron chi connectivity index (χ1n) is 7.19. The molecule has 0 aliphatic heterocycles. The number of aromatic amines is 1. The molecule has 23 heavy (non-hydrogen) atoms. The Morgan fingerprint density at radius 2 is 1.83 bits per heavy atom. The molecular weight excluding hydrogens is 297 g/mol. The van der Waals surface area contributed by atoms with Gasteiger partial charge in [0.1, 0.15) is 23.3 Å². The van der Waals surface area contributed by atoms with Crippen LogP contribution in [-0.2, 0) is 6.42 Å². The van der Waals surface area contributed by atoms with E-state index in [0.29, 0.717) is 40.8 Å². The van der Waals surface area contributed by atoms with Gasteiger partial charge in [-0.1, -0.05) is 0 Å². The molecule has 0 amide bonds. The highest BCUT2D eigenvalue weighted by Gasteiger charge is 2.15. The van der Waals surface area contributed by atoms with Crippen LogP contribution in [0.25, 0.3) is 5.69 Å². The summed E-state index contributed by atoms with van der Waals surface area (Å²) in [5, 5.41) is 4.33. The van der Waals surface area contributed by atoms with Crippen LogP contribution in [0.15, 0.2) is 29.1 Å². The Labute approximate surface area is 132 Å². The second kappa shape index (κ2) is 5.75. The van der Waals surface area contributed by atoms with Crippen LogP contribution < -0.4 is 5.56 Å². The smallest absolute Gasteiger partial charge is 0.254 e. The number of nitrogens with zero attached hydrogens (tertiary/aromatic N) is 4. The molecule has 0 saturated heterocycles. The number of hydrogen-bond acceptors (Lipinski definition) is 4. The van der Waals surface area contributed by atoms with Gasteiger partial charge in [-0.05, 0) is 45.0 Å². The molecule has 0 spiro atoms. The Hall–Kier alpha value is -2.83. The Morgan fingerprint density at radius 1 is 1.13 bits per heavy atom. The van der Waals surface area contributed by atoms with Crippen molar-refractivity contribution < 1.29 is 4.39 Å². The fourth-order valence-electron chi connectivity index (χ4n) is 2.48. The van der Waals surface area contributed by atoms with Crippen molar-refractivity contribution in [3.05, 3.63) is 69.2 Å². The van der Waals surface area contributed by atoms with E-state index in [1.54, 1.807) is 37.6 Å². The largest absolute Gasteiger partial charge is 0.311 e. The summed E-state index contributed by atoms with van der Waals surface area (Å²) in [5.74, 6) is 1.45. The van der Waals surface area contributed by atoms with Gasteiger partial charge in [-0.15, -0.1) is 0 Å². The Balaban J connectivity index is 2.05. The third-order valence-corrected chi connectivity index (χ3v) is 3.53. The number of halogens is 1. The lowest BCUT2D eigenvalue weighted by molar-refractivity contribution is 0.626. The molecule has 0 radical (unpaired) electrons. The normalized spacial score (nSPS) is 11.0. The van der Waals surface area contributed by atoms with E-state index in [1.165, 1.54) is 12.1 Å². The van der Waals surface area contributed by atoms with Crippen LogP contribution in [0, 0.1) is 26.6 Å². The fourth-order valence-corrected chi connectivity index (χ4v) is 2.48. The summed E-state index contributed by atoms with van der Waals surface area (Å²) in [4.78, 5) is 23.5. The minimum absolute atomic E-state index is 0.179. The first kappa shape index (κ1) is 15.1. The highest BCUT2D eigenvalue weighted by Crippen LogP contribution is 2.14. The average Bonchev–Trinajstić information content (AvgIpc) is 2.84. The van der Waals surface area contributed by atoms with Crippen molar-refractivity contribution in [3.63, 3.8) is 0 Å². The minimum Gasteiger partial charge on any atom is -0.311 e. The van der Waals surface area contributed by atoms with Crippen molar-refractivity contribution >= 4 is 0 Å². The van der Waals surface area contributed by atoms with Crippen LogP contribution in [0.1, 0.15) is 28.7 Å². The van der Waals surface area contributed by atoms with Crippen molar-refractivity contribution in [3.8, 4) is 5.69 Å². The van der Waals surface area contributed by atoms with Gasteiger partial charge in [-0.2, -0.15) is 5.10 Å². The molecule has 1 aromatic carbocycles. The zero-order chi connectivity index (χ0) is 16.6. The van der Waals surface area contributed by atoms with Gasteiger partial charge < -0.3 is 4.98 Å². The zero-order valence-electron chi connectivity index (χ0n) is 13.1. The fraction of sp³-hybridized carbons (Fsp3) is 0.250. The molecule has 0 aliphatic rings. The van der Waals surface area contributed by atoms with Gasteiger partial charge in [0, 0.05) is 17.7 Å². The van der Waals surface area contributed by atoms with E-state index in [1.807, 2.05) is 0 Å². The monoisotopic (exact) mass is 313 g/mol. The number of aromatic nitrogens is 5. The van der Waals surface area contributed by atoms with E-state index >= 15 is 0 Å². The summed E-state index contributed by atoms with van der Waals surface area (Å²) in [6.45, 7) is 5.31. The SMILES string of the molecule is Cc1nc(Cc2c(C)nc(C)[nH]c2=O)n(-c2ccc(F)cc2)n1. The second-order valence-corrected chi connectivity index (χ2v) is 5.36. The molecule has 118 valence electrons. The number of nitrogens with one attached hydrogen (secondary N) is 1. The third kappa shape index (κ3) is 3.03. The van der Waals surface area contributed by atoms with Crippen molar-refractivity contribution in [1.29, 1.82) is 0 Å². The Morgan fingerprint density at radius 3 is 2.48 bits per heavy atom. The quantitative estimate of drug-likeness (QED) is 0.802. The summed E-state index contributed by atoms with van der Waals surface area (Å²) in [6, 6.07) is 5.97. The molecular formula is C16H16FN5O. The lowest BCUT2D eigenvalue weighted by atomic mass is 10.1. The van der Waals surface area contributed by atoms with Gasteiger partial charge in [0.05, 0.1) is 5.69 Å². The number of benzene rings is 1. The third-order valence-electron chi connectivity index (χ3n) is 3.53. The maximum atomic E-state index is 13.1. The number of aryl methyl sites for hydroxylation is 3. The Bertz CT molecular complexity index is 911. The predicted molar refractivity (Wildman–Crippen MR) is 83.2 cm³/mol. The second-order valence-electron chi connectivity index (χ2n) is 5.36. The summed E-state index contributed by atoms with van der Waals surface area (Å²) in [7, 11) is 0. The van der Waals surface area contributed by atoms with Crippen molar-refractivity contribution in [2.24, 2.45) is 0 Å². The maximum absolute atomic E-state index is 13.1. The standard InChI is InChI=1S/C16H16FN5O/c1-9-14(16(23)20-10(2)18-9)8-15-19-11(3)21-22(15)13-6-4-12(17)5-7-13/h4-7H,8H2,1-3H3,(H,18,20,23). The van der Waals surface area contributed by atoms with E-state index in [-0.39, 0.29) is 11.4 Å². The molecule has 0 saturated carbocycles. The van der Waals surface area contributed by atoms with Gasteiger partial charge in [0.15, 0.2) is 0 Å². The summed E-state index contributed by atoms with van der Waals surface area (Å²) in [6.07, 6.45) is 0.298. The van der Waals surface area contributed by atoms with E-state index in [0.717, 1.165) is 0 Å². The molecule has 2 aromatic heterocycles. The molecule has 0 atom stereocenters. The van der Waals surface area contributed by atoms with Gasteiger partial charge in [0.2, 0.25) is 0 Å². The van der Waals surface area contributed by atoms with E-state index in [2.05, 4.69) is 20.1 Å². The lowest BCUT2D eigenvalue weighted by Crippen LogP contribution is -2.19. The van der Waals surface area contributed by atoms with Crippen molar-refractivity contribution in [2.45, 2.75) is 27.2 Å². The van der Waals surface area contributed by atoms with Gasteiger partial charge in [-0.25, -0.2) is 19.0 Å². The number of hydrogen-bond donors (Lipinski definition) is 1. The van der Waals surface area contributed by atoms with E-state index in [9.17, 15) is 9.18 Å². The molecule has 3 aromatic rings. The summed E-state index contributed by atoms with van der Waals surface area (Å²) in [5.41, 5.74) is 1.72. The summed E-state index contributed by atoms with van der Waals surface area (Å²) >= 11 is 0. The van der Waals surface area contributed by atoms with Gasteiger partial charge >= 0.3 is 0 Å². The van der Waals surface area contributed by atoms with E-state index in [4.69, 9.17) is 0 Å².